The summed E-state index contributed by atoms with van der Waals surface area (Å²) < 4.78 is 15.8. The highest BCUT2D eigenvalue weighted by Gasteiger charge is 2.10. The summed E-state index contributed by atoms with van der Waals surface area (Å²) in [5, 5.41) is 8.51. The minimum atomic E-state index is -0.796. The Morgan fingerprint density at radius 2 is 1.79 bits per heavy atom. The van der Waals surface area contributed by atoms with E-state index in [1.165, 1.54) is 14.2 Å². The molecule has 6 nitrogen and oxygen atoms in total. The van der Waals surface area contributed by atoms with Crippen molar-refractivity contribution >= 4 is 11.7 Å². The zero-order chi connectivity index (χ0) is 14.3. The van der Waals surface area contributed by atoms with E-state index in [0.29, 0.717) is 42.4 Å². The summed E-state index contributed by atoms with van der Waals surface area (Å²) in [4.78, 5) is 10.3. The van der Waals surface area contributed by atoms with Crippen LogP contribution in [-0.4, -0.2) is 31.9 Å². The summed E-state index contributed by atoms with van der Waals surface area (Å²) in [5.41, 5.74) is 6.23. The lowest BCUT2D eigenvalue weighted by molar-refractivity contribution is -0.137. The lowest BCUT2D eigenvalue weighted by Crippen LogP contribution is -2.02. The maximum absolute atomic E-state index is 10.3. The van der Waals surface area contributed by atoms with Gasteiger partial charge in [0.1, 0.15) is 22.9 Å². The van der Waals surface area contributed by atoms with Crippen LogP contribution in [0.4, 0.5) is 5.69 Å². The third kappa shape index (κ3) is 4.57. The molecule has 0 aromatic heterocycles. The first kappa shape index (κ1) is 14.9. The largest absolute Gasteiger partial charge is 0.494 e. The van der Waals surface area contributed by atoms with Crippen LogP contribution in [0.1, 0.15) is 19.3 Å². The van der Waals surface area contributed by atoms with Gasteiger partial charge in [0.05, 0.1) is 20.8 Å². The first-order valence-electron chi connectivity index (χ1n) is 5.94. The second-order valence-corrected chi connectivity index (χ2v) is 3.94. The number of nitrogens with two attached hydrogens (primary N) is 1. The fourth-order valence-corrected chi connectivity index (χ4v) is 1.57. The molecule has 19 heavy (non-hydrogen) atoms. The molecule has 1 aromatic carbocycles. The minimum Gasteiger partial charge on any atom is -0.494 e. The van der Waals surface area contributed by atoms with Crippen LogP contribution in [0.2, 0.25) is 0 Å². The smallest absolute Gasteiger partial charge is 0.303 e. The van der Waals surface area contributed by atoms with Crippen molar-refractivity contribution in [1.82, 2.24) is 0 Å². The normalized spacial score (nSPS) is 10.0. The van der Waals surface area contributed by atoms with Gasteiger partial charge < -0.3 is 25.1 Å². The van der Waals surface area contributed by atoms with Gasteiger partial charge in [0.15, 0.2) is 0 Å². The number of ether oxygens (including phenoxy) is 3. The van der Waals surface area contributed by atoms with Crippen molar-refractivity contribution in [1.29, 1.82) is 0 Å². The SMILES string of the molecule is COc1cc(OCCCCC(=O)O)cc(OC)c1N. The number of nitrogen functional groups attached to an aromatic ring is 1. The molecular weight excluding hydrogens is 250 g/mol. The van der Waals surface area contributed by atoms with E-state index in [2.05, 4.69) is 0 Å². The molecule has 0 aliphatic carbocycles. The van der Waals surface area contributed by atoms with E-state index < -0.39 is 5.97 Å². The summed E-state index contributed by atoms with van der Waals surface area (Å²) in [6.07, 6.45) is 1.40. The third-order valence-electron chi connectivity index (χ3n) is 2.57. The maximum atomic E-state index is 10.3. The average Bonchev–Trinajstić information content (AvgIpc) is 2.39. The molecule has 0 radical (unpaired) electrons. The van der Waals surface area contributed by atoms with E-state index in [9.17, 15) is 4.79 Å². The molecule has 0 atom stereocenters. The predicted octanol–water partition coefficient (Wildman–Crippen LogP) is 1.92. The molecule has 0 amide bonds. The first-order chi connectivity index (χ1) is 9.08. The predicted molar refractivity (Wildman–Crippen MR) is 70.9 cm³/mol. The fraction of sp³-hybridized carbons (Fsp3) is 0.462. The number of carboxylic acid groups (broad SMARTS) is 1. The lowest BCUT2D eigenvalue weighted by Gasteiger charge is -2.13. The number of hydrogen-bond acceptors (Lipinski definition) is 5. The highest BCUT2D eigenvalue weighted by molar-refractivity contribution is 5.66. The third-order valence-corrected chi connectivity index (χ3v) is 2.57. The van der Waals surface area contributed by atoms with E-state index in [4.69, 9.17) is 25.1 Å². The quantitative estimate of drug-likeness (QED) is 0.553. The van der Waals surface area contributed by atoms with Crippen LogP contribution in [0, 0.1) is 0 Å². The van der Waals surface area contributed by atoms with Gasteiger partial charge >= 0.3 is 5.97 Å². The number of unbranched alkanes of at least 4 members (excludes halogenated alkanes) is 1. The summed E-state index contributed by atoms with van der Waals surface area (Å²) in [6.45, 7) is 0.434. The number of anilines is 1. The number of hydrogen-bond donors (Lipinski definition) is 2. The van der Waals surface area contributed by atoms with Crippen molar-refractivity contribution in [3.05, 3.63) is 12.1 Å². The first-order valence-corrected chi connectivity index (χ1v) is 5.94. The molecule has 0 fully saturated rings. The molecular formula is C13H19NO5. The van der Waals surface area contributed by atoms with Crippen molar-refractivity contribution in [2.45, 2.75) is 19.3 Å². The van der Waals surface area contributed by atoms with Gasteiger partial charge in [-0.05, 0) is 12.8 Å². The zero-order valence-electron chi connectivity index (χ0n) is 11.1. The van der Waals surface area contributed by atoms with Crippen LogP contribution in [0.3, 0.4) is 0 Å². The highest BCUT2D eigenvalue weighted by Crippen LogP contribution is 2.36. The van der Waals surface area contributed by atoms with E-state index in [1.54, 1.807) is 12.1 Å². The monoisotopic (exact) mass is 269 g/mol. The Kier molecular flexibility index (Phi) is 5.78. The summed E-state index contributed by atoms with van der Waals surface area (Å²) in [7, 11) is 3.03. The van der Waals surface area contributed by atoms with Crippen molar-refractivity contribution < 1.29 is 24.1 Å². The van der Waals surface area contributed by atoms with E-state index >= 15 is 0 Å². The molecule has 6 heteroatoms. The van der Waals surface area contributed by atoms with E-state index in [1.807, 2.05) is 0 Å². The van der Waals surface area contributed by atoms with Gasteiger partial charge in [-0.3, -0.25) is 4.79 Å². The van der Waals surface area contributed by atoms with Crippen LogP contribution in [0.25, 0.3) is 0 Å². The standard InChI is InChI=1S/C13H19NO5/c1-17-10-7-9(8-11(18-2)13(10)14)19-6-4-3-5-12(15)16/h7-8H,3-6,14H2,1-2H3,(H,15,16). The number of aliphatic carboxylic acids is 1. The maximum Gasteiger partial charge on any atom is 0.303 e. The van der Waals surface area contributed by atoms with Crippen LogP contribution in [0.15, 0.2) is 12.1 Å². The Morgan fingerprint density at radius 3 is 2.26 bits per heavy atom. The average molecular weight is 269 g/mol. The van der Waals surface area contributed by atoms with Gasteiger partial charge in [0.25, 0.3) is 0 Å². The molecule has 0 unspecified atom stereocenters. The number of rotatable bonds is 8. The Balaban J connectivity index is 2.56. The Morgan fingerprint density at radius 1 is 1.21 bits per heavy atom. The molecule has 106 valence electrons. The molecule has 3 N–H and O–H groups in total. The lowest BCUT2D eigenvalue weighted by atomic mass is 10.2. The number of carbonyl (C=O) groups is 1. The van der Waals surface area contributed by atoms with Crippen LogP contribution in [-0.2, 0) is 4.79 Å². The summed E-state index contributed by atoms with van der Waals surface area (Å²) in [5.74, 6) is 0.758. The van der Waals surface area contributed by atoms with Crippen molar-refractivity contribution in [2.24, 2.45) is 0 Å². The van der Waals surface area contributed by atoms with Crippen molar-refractivity contribution in [3.63, 3.8) is 0 Å². The highest BCUT2D eigenvalue weighted by atomic mass is 16.5. The second kappa shape index (κ2) is 7.35. The molecule has 0 aliphatic heterocycles. The Labute approximate surface area is 112 Å². The molecule has 0 saturated heterocycles. The van der Waals surface area contributed by atoms with Crippen molar-refractivity contribution in [2.75, 3.05) is 26.6 Å². The number of carboxylic acids is 1. The van der Waals surface area contributed by atoms with E-state index in [0.717, 1.165) is 0 Å². The Bertz CT molecular complexity index is 408. The topological polar surface area (TPSA) is 91.0 Å². The molecule has 0 saturated carbocycles. The summed E-state index contributed by atoms with van der Waals surface area (Å²) >= 11 is 0. The van der Waals surface area contributed by atoms with Gasteiger partial charge in [-0.1, -0.05) is 0 Å². The number of methoxy groups -OCH3 is 2. The van der Waals surface area contributed by atoms with Crippen LogP contribution in [0.5, 0.6) is 17.2 Å². The van der Waals surface area contributed by atoms with Gasteiger partial charge in [-0.2, -0.15) is 0 Å². The minimum absolute atomic E-state index is 0.151. The molecule has 0 spiro atoms. The second-order valence-electron chi connectivity index (χ2n) is 3.94. The fourth-order valence-electron chi connectivity index (χ4n) is 1.57. The molecule has 0 bridgehead atoms. The van der Waals surface area contributed by atoms with Gasteiger partial charge in [0.2, 0.25) is 0 Å². The van der Waals surface area contributed by atoms with Crippen molar-refractivity contribution in [3.8, 4) is 17.2 Å². The van der Waals surface area contributed by atoms with Gasteiger partial charge in [-0.15, -0.1) is 0 Å². The van der Waals surface area contributed by atoms with Gasteiger partial charge in [-0.25, -0.2) is 0 Å². The van der Waals surface area contributed by atoms with E-state index in [-0.39, 0.29) is 6.42 Å². The van der Waals surface area contributed by atoms with Crippen LogP contribution < -0.4 is 19.9 Å². The molecule has 0 aliphatic rings. The van der Waals surface area contributed by atoms with Crippen LogP contribution >= 0.6 is 0 Å². The zero-order valence-corrected chi connectivity index (χ0v) is 11.1. The van der Waals surface area contributed by atoms with Gasteiger partial charge in [0, 0.05) is 18.6 Å². The number of benzene rings is 1. The summed E-state index contributed by atoms with van der Waals surface area (Å²) in [6, 6.07) is 3.35. The molecule has 1 rings (SSSR count). The Hall–Kier alpha value is -2.11. The molecule has 0 heterocycles. The molecule has 1 aromatic rings.